The Balaban J connectivity index is 1.96. The summed E-state index contributed by atoms with van der Waals surface area (Å²) >= 11 is 1.62. The lowest BCUT2D eigenvalue weighted by Crippen LogP contribution is -2.43. The summed E-state index contributed by atoms with van der Waals surface area (Å²) in [6.07, 6.45) is -0.0849. The SMILES string of the molecule is Cc1nn(C)c(N2CC(C)OC(c3ccsc3)C2)c1[N+](=O)[O-]. The molecule has 8 heteroatoms. The van der Waals surface area contributed by atoms with E-state index in [1.807, 2.05) is 23.3 Å². The van der Waals surface area contributed by atoms with Gasteiger partial charge in [0.15, 0.2) is 0 Å². The van der Waals surface area contributed by atoms with E-state index in [1.54, 1.807) is 30.0 Å². The zero-order valence-corrected chi connectivity index (χ0v) is 13.5. The standard InChI is InChI=1S/C14H18N4O3S/c1-9-6-17(7-12(21-9)11-4-5-22-8-11)14-13(18(19)20)10(2)15-16(14)3/h4-5,8-9,12H,6-7H2,1-3H3. The molecule has 22 heavy (non-hydrogen) atoms. The van der Waals surface area contributed by atoms with Crippen molar-refractivity contribution in [3.8, 4) is 0 Å². The Morgan fingerprint density at radius 3 is 2.91 bits per heavy atom. The number of aromatic nitrogens is 2. The van der Waals surface area contributed by atoms with Crippen LogP contribution in [0.15, 0.2) is 16.8 Å². The minimum absolute atomic E-state index is 0.00606. The maximum absolute atomic E-state index is 11.4. The van der Waals surface area contributed by atoms with Gasteiger partial charge >= 0.3 is 5.69 Å². The molecule has 0 saturated carbocycles. The van der Waals surface area contributed by atoms with Crippen LogP contribution in [-0.4, -0.2) is 33.9 Å². The first-order valence-electron chi connectivity index (χ1n) is 7.08. The van der Waals surface area contributed by atoms with Crippen molar-refractivity contribution in [1.82, 2.24) is 9.78 Å². The number of morpholine rings is 1. The van der Waals surface area contributed by atoms with Crippen LogP contribution >= 0.6 is 11.3 Å². The average Bonchev–Trinajstić information content (AvgIpc) is 3.05. The molecule has 7 nitrogen and oxygen atoms in total. The number of nitro groups is 1. The van der Waals surface area contributed by atoms with Crippen LogP contribution in [0, 0.1) is 17.0 Å². The topological polar surface area (TPSA) is 73.4 Å². The van der Waals surface area contributed by atoms with Gasteiger partial charge in [-0.25, -0.2) is 4.68 Å². The molecule has 0 aromatic carbocycles. The summed E-state index contributed by atoms with van der Waals surface area (Å²) in [5.41, 5.74) is 1.64. The van der Waals surface area contributed by atoms with Gasteiger partial charge in [0.05, 0.1) is 17.6 Å². The number of anilines is 1. The molecule has 118 valence electrons. The molecule has 3 heterocycles. The highest BCUT2D eigenvalue weighted by atomic mass is 32.1. The van der Waals surface area contributed by atoms with E-state index in [-0.39, 0.29) is 22.8 Å². The first-order valence-corrected chi connectivity index (χ1v) is 8.02. The van der Waals surface area contributed by atoms with Crippen molar-refractivity contribution >= 4 is 22.8 Å². The molecule has 3 rings (SSSR count). The zero-order chi connectivity index (χ0) is 15.9. The molecule has 1 saturated heterocycles. The van der Waals surface area contributed by atoms with E-state index in [0.717, 1.165) is 5.56 Å². The molecule has 0 radical (unpaired) electrons. The first kappa shape index (κ1) is 15.0. The van der Waals surface area contributed by atoms with E-state index in [4.69, 9.17) is 4.74 Å². The van der Waals surface area contributed by atoms with E-state index < -0.39 is 0 Å². The first-order chi connectivity index (χ1) is 10.5. The molecule has 0 N–H and O–H groups in total. The lowest BCUT2D eigenvalue weighted by atomic mass is 10.1. The number of nitrogens with zero attached hydrogens (tertiary/aromatic N) is 4. The molecular formula is C14H18N4O3S. The second-order valence-electron chi connectivity index (χ2n) is 5.54. The van der Waals surface area contributed by atoms with Crippen LogP contribution < -0.4 is 4.90 Å². The van der Waals surface area contributed by atoms with Gasteiger partial charge in [-0.15, -0.1) is 0 Å². The van der Waals surface area contributed by atoms with Gasteiger partial charge in [-0.2, -0.15) is 16.4 Å². The minimum atomic E-state index is -0.350. The van der Waals surface area contributed by atoms with Crippen LogP contribution in [0.25, 0.3) is 0 Å². The summed E-state index contributed by atoms with van der Waals surface area (Å²) in [5.74, 6) is 0.554. The summed E-state index contributed by atoms with van der Waals surface area (Å²) in [5, 5.41) is 19.7. The number of ether oxygens (including phenoxy) is 1. The Morgan fingerprint density at radius 1 is 1.50 bits per heavy atom. The largest absolute Gasteiger partial charge is 0.367 e. The molecule has 1 aliphatic rings. The van der Waals surface area contributed by atoms with Gasteiger partial charge in [0.1, 0.15) is 11.8 Å². The summed E-state index contributed by atoms with van der Waals surface area (Å²) in [6, 6.07) is 2.04. The van der Waals surface area contributed by atoms with Crippen LogP contribution in [0.1, 0.15) is 24.3 Å². The minimum Gasteiger partial charge on any atom is -0.367 e. The lowest BCUT2D eigenvalue weighted by Gasteiger charge is -2.37. The van der Waals surface area contributed by atoms with Gasteiger partial charge in [0.25, 0.3) is 0 Å². The summed E-state index contributed by atoms with van der Waals surface area (Å²) < 4.78 is 7.59. The zero-order valence-electron chi connectivity index (χ0n) is 12.7. The maximum Gasteiger partial charge on any atom is 0.333 e. The maximum atomic E-state index is 11.4. The normalized spacial score (nSPS) is 22.0. The van der Waals surface area contributed by atoms with Crippen molar-refractivity contribution in [3.63, 3.8) is 0 Å². The molecule has 1 fully saturated rings. The third-order valence-corrected chi connectivity index (χ3v) is 4.52. The van der Waals surface area contributed by atoms with Gasteiger partial charge in [0, 0.05) is 13.6 Å². The number of hydrogen-bond donors (Lipinski definition) is 0. The molecule has 0 spiro atoms. The molecule has 0 bridgehead atoms. The lowest BCUT2D eigenvalue weighted by molar-refractivity contribution is -0.384. The predicted octanol–water partition coefficient (Wildman–Crippen LogP) is 2.66. The fraction of sp³-hybridized carbons (Fsp3) is 0.500. The number of hydrogen-bond acceptors (Lipinski definition) is 6. The highest BCUT2D eigenvalue weighted by Gasteiger charge is 2.34. The Labute approximate surface area is 132 Å². The molecule has 2 unspecified atom stereocenters. The van der Waals surface area contributed by atoms with E-state index in [2.05, 4.69) is 10.5 Å². The molecule has 2 aromatic heterocycles. The van der Waals surface area contributed by atoms with Gasteiger partial charge in [0.2, 0.25) is 5.82 Å². The van der Waals surface area contributed by atoms with Crippen LogP contribution in [0.3, 0.4) is 0 Å². The highest BCUT2D eigenvalue weighted by Crippen LogP contribution is 2.35. The fourth-order valence-corrected chi connectivity index (χ4v) is 3.67. The van der Waals surface area contributed by atoms with E-state index >= 15 is 0 Å². The second kappa shape index (κ2) is 5.69. The van der Waals surface area contributed by atoms with Crippen LogP contribution in [0.5, 0.6) is 0 Å². The quantitative estimate of drug-likeness (QED) is 0.641. The molecule has 0 aliphatic carbocycles. The summed E-state index contributed by atoms with van der Waals surface area (Å²) in [6.45, 7) is 4.85. The molecule has 2 atom stereocenters. The van der Waals surface area contributed by atoms with Crippen molar-refractivity contribution in [3.05, 3.63) is 38.2 Å². The predicted molar refractivity (Wildman–Crippen MR) is 84.4 cm³/mol. The van der Waals surface area contributed by atoms with Gasteiger partial charge in [-0.1, -0.05) is 0 Å². The van der Waals surface area contributed by atoms with E-state index in [1.165, 1.54) is 0 Å². The molecular weight excluding hydrogens is 304 g/mol. The van der Waals surface area contributed by atoms with Crippen molar-refractivity contribution in [1.29, 1.82) is 0 Å². The highest BCUT2D eigenvalue weighted by molar-refractivity contribution is 7.07. The number of rotatable bonds is 3. The van der Waals surface area contributed by atoms with Crippen molar-refractivity contribution < 1.29 is 9.66 Å². The fourth-order valence-electron chi connectivity index (χ4n) is 2.97. The van der Waals surface area contributed by atoms with Crippen molar-refractivity contribution in [2.45, 2.75) is 26.1 Å². The van der Waals surface area contributed by atoms with Crippen molar-refractivity contribution in [2.24, 2.45) is 7.05 Å². The Hall–Kier alpha value is -1.93. The summed E-state index contributed by atoms with van der Waals surface area (Å²) in [7, 11) is 1.75. The number of thiophene rings is 1. The number of aryl methyl sites for hydroxylation is 2. The molecule has 0 amide bonds. The third kappa shape index (κ3) is 2.59. The molecule has 2 aromatic rings. The summed E-state index contributed by atoms with van der Waals surface area (Å²) in [4.78, 5) is 13.0. The van der Waals surface area contributed by atoms with Crippen LogP contribution in [0.2, 0.25) is 0 Å². The van der Waals surface area contributed by atoms with Crippen LogP contribution in [0.4, 0.5) is 11.5 Å². The van der Waals surface area contributed by atoms with E-state index in [0.29, 0.717) is 24.6 Å². The monoisotopic (exact) mass is 322 g/mol. The Bertz CT molecular complexity index is 683. The van der Waals surface area contributed by atoms with Gasteiger partial charge in [-0.3, -0.25) is 10.1 Å². The Morgan fingerprint density at radius 2 is 2.27 bits per heavy atom. The van der Waals surface area contributed by atoms with E-state index in [9.17, 15) is 10.1 Å². The third-order valence-electron chi connectivity index (χ3n) is 3.82. The molecule has 1 aliphatic heterocycles. The Kier molecular flexibility index (Phi) is 3.88. The van der Waals surface area contributed by atoms with Crippen LogP contribution in [-0.2, 0) is 11.8 Å². The second-order valence-corrected chi connectivity index (χ2v) is 6.32. The average molecular weight is 322 g/mol. The van der Waals surface area contributed by atoms with Gasteiger partial charge in [-0.05, 0) is 36.2 Å². The smallest absolute Gasteiger partial charge is 0.333 e. The van der Waals surface area contributed by atoms with Crippen molar-refractivity contribution in [2.75, 3.05) is 18.0 Å². The van der Waals surface area contributed by atoms with Gasteiger partial charge < -0.3 is 9.64 Å².